The van der Waals surface area contributed by atoms with E-state index >= 15 is 0 Å². The number of nitrogens with zero attached hydrogens (tertiary/aromatic N) is 2. The monoisotopic (exact) mass is 213 g/mol. The van der Waals surface area contributed by atoms with Crippen molar-refractivity contribution in [2.75, 3.05) is 0 Å². The summed E-state index contributed by atoms with van der Waals surface area (Å²) in [6.07, 6.45) is -2.83. The van der Waals surface area contributed by atoms with E-state index in [2.05, 4.69) is 4.98 Å². The fourth-order valence-corrected chi connectivity index (χ4v) is 1.25. The van der Waals surface area contributed by atoms with Crippen LogP contribution in [0, 0.1) is 11.3 Å². The number of pyridine rings is 1. The standard InChI is InChI=1S/C9H9F2N3O/c10-9(11)8-7(4-15)5(2-12)1-6(3-13)14-8/h1,9,15H,2,4,12H2. The van der Waals surface area contributed by atoms with Crippen LogP contribution in [0.5, 0.6) is 0 Å². The van der Waals surface area contributed by atoms with Gasteiger partial charge >= 0.3 is 0 Å². The number of hydrogen-bond donors (Lipinski definition) is 2. The van der Waals surface area contributed by atoms with Crippen molar-refractivity contribution in [1.29, 1.82) is 5.26 Å². The van der Waals surface area contributed by atoms with Crippen molar-refractivity contribution in [2.45, 2.75) is 19.6 Å². The molecule has 0 atom stereocenters. The molecular formula is C9H9F2N3O. The van der Waals surface area contributed by atoms with E-state index < -0.39 is 18.7 Å². The van der Waals surface area contributed by atoms with E-state index in [9.17, 15) is 8.78 Å². The summed E-state index contributed by atoms with van der Waals surface area (Å²) in [5.74, 6) is 0. The summed E-state index contributed by atoms with van der Waals surface area (Å²) in [6, 6.07) is 2.97. The summed E-state index contributed by atoms with van der Waals surface area (Å²) in [6.45, 7) is -0.586. The van der Waals surface area contributed by atoms with Gasteiger partial charge < -0.3 is 10.8 Å². The number of hydrogen-bond acceptors (Lipinski definition) is 4. The topological polar surface area (TPSA) is 82.9 Å². The van der Waals surface area contributed by atoms with Gasteiger partial charge in [-0.15, -0.1) is 0 Å². The SMILES string of the molecule is N#Cc1cc(CN)c(CO)c(C(F)F)n1. The summed E-state index contributed by atoms with van der Waals surface area (Å²) in [5.41, 5.74) is 4.96. The zero-order chi connectivity index (χ0) is 11.4. The molecular weight excluding hydrogens is 204 g/mol. The predicted octanol–water partition coefficient (Wildman–Crippen LogP) is 0.842. The molecule has 0 aliphatic carbocycles. The van der Waals surface area contributed by atoms with Crippen LogP contribution in [-0.2, 0) is 13.2 Å². The zero-order valence-electron chi connectivity index (χ0n) is 7.74. The van der Waals surface area contributed by atoms with E-state index in [4.69, 9.17) is 16.1 Å². The fraction of sp³-hybridized carbons (Fsp3) is 0.333. The second-order valence-electron chi connectivity index (χ2n) is 2.81. The van der Waals surface area contributed by atoms with Crippen LogP contribution in [0.4, 0.5) is 8.78 Å². The first-order chi connectivity index (χ1) is 7.13. The van der Waals surface area contributed by atoms with E-state index in [0.717, 1.165) is 0 Å². The average molecular weight is 213 g/mol. The number of aliphatic hydroxyl groups excluding tert-OH is 1. The summed E-state index contributed by atoms with van der Waals surface area (Å²) in [4.78, 5) is 3.44. The Morgan fingerprint density at radius 1 is 1.60 bits per heavy atom. The van der Waals surface area contributed by atoms with E-state index in [1.165, 1.54) is 6.07 Å². The molecule has 0 bridgehead atoms. The van der Waals surface area contributed by atoms with Crippen molar-refractivity contribution in [2.24, 2.45) is 5.73 Å². The van der Waals surface area contributed by atoms with Gasteiger partial charge in [-0.2, -0.15) is 5.26 Å². The molecule has 0 spiro atoms. The van der Waals surface area contributed by atoms with Gasteiger partial charge in [0.05, 0.1) is 6.61 Å². The third-order valence-electron chi connectivity index (χ3n) is 1.95. The third-order valence-corrected chi connectivity index (χ3v) is 1.95. The first-order valence-corrected chi connectivity index (χ1v) is 4.15. The summed E-state index contributed by atoms with van der Waals surface area (Å²) < 4.78 is 25.0. The molecule has 0 saturated heterocycles. The number of aliphatic hydroxyl groups is 1. The minimum Gasteiger partial charge on any atom is -0.392 e. The van der Waals surface area contributed by atoms with Gasteiger partial charge in [-0.3, -0.25) is 0 Å². The number of alkyl halides is 2. The van der Waals surface area contributed by atoms with Crippen LogP contribution in [0.1, 0.15) is 28.9 Å². The molecule has 0 fully saturated rings. The van der Waals surface area contributed by atoms with Crippen molar-refractivity contribution in [3.05, 3.63) is 28.6 Å². The molecule has 80 valence electrons. The third kappa shape index (κ3) is 2.26. The summed E-state index contributed by atoms with van der Waals surface area (Å²) in [5, 5.41) is 17.5. The van der Waals surface area contributed by atoms with E-state index in [-0.39, 0.29) is 17.8 Å². The number of nitrogens with two attached hydrogens (primary N) is 1. The lowest BCUT2D eigenvalue weighted by atomic mass is 10.1. The van der Waals surface area contributed by atoms with Gasteiger partial charge in [-0.1, -0.05) is 0 Å². The van der Waals surface area contributed by atoms with Crippen LogP contribution in [0.15, 0.2) is 6.07 Å². The maximum atomic E-state index is 12.5. The van der Waals surface area contributed by atoms with Gasteiger partial charge in [-0.25, -0.2) is 13.8 Å². The Bertz CT molecular complexity index is 401. The molecule has 1 rings (SSSR count). The minimum absolute atomic E-state index is 0.00602. The molecule has 0 aromatic carbocycles. The van der Waals surface area contributed by atoms with Gasteiger partial charge in [0.2, 0.25) is 0 Å². The Hall–Kier alpha value is -1.58. The molecule has 0 aliphatic heterocycles. The maximum absolute atomic E-state index is 12.5. The summed E-state index contributed by atoms with van der Waals surface area (Å²) in [7, 11) is 0. The van der Waals surface area contributed by atoms with E-state index in [1.54, 1.807) is 6.07 Å². The molecule has 0 aliphatic rings. The molecule has 1 aromatic rings. The Balaban J connectivity index is 3.40. The largest absolute Gasteiger partial charge is 0.392 e. The van der Waals surface area contributed by atoms with Gasteiger partial charge in [0, 0.05) is 12.1 Å². The lowest BCUT2D eigenvalue weighted by Gasteiger charge is -2.10. The quantitative estimate of drug-likeness (QED) is 0.779. The van der Waals surface area contributed by atoms with Crippen LogP contribution in [0.3, 0.4) is 0 Å². The average Bonchev–Trinajstić information content (AvgIpc) is 2.26. The van der Waals surface area contributed by atoms with E-state index in [0.29, 0.717) is 5.56 Å². The van der Waals surface area contributed by atoms with Crippen LogP contribution in [0.25, 0.3) is 0 Å². The minimum atomic E-state index is -2.83. The highest BCUT2D eigenvalue weighted by Gasteiger charge is 2.18. The molecule has 0 saturated carbocycles. The van der Waals surface area contributed by atoms with Gasteiger partial charge in [-0.05, 0) is 11.6 Å². The van der Waals surface area contributed by atoms with Crippen LogP contribution < -0.4 is 5.73 Å². The molecule has 0 unspecified atom stereocenters. The van der Waals surface area contributed by atoms with E-state index in [1.807, 2.05) is 0 Å². The van der Waals surface area contributed by atoms with Crippen molar-refractivity contribution in [3.63, 3.8) is 0 Å². The molecule has 1 aromatic heterocycles. The highest BCUT2D eigenvalue weighted by molar-refractivity contribution is 5.37. The Morgan fingerprint density at radius 3 is 2.67 bits per heavy atom. The Kier molecular flexibility index (Phi) is 3.66. The fourth-order valence-electron chi connectivity index (χ4n) is 1.25. The maximum Gasteiger partial charge on any atom is 0.280 e. The normalized spacial score (nSPS) is 10.4. The van der Waals surface area contributed by atoms with Crippen LogP contribution in [0.2, 0.25) is 0 Å². The van der Waals surface area contributed by atoms with Crippen LogP contribution >= 0.6 is 0 Å². The molecule has 0 radical (unpaired) electrons. The zero-order valence-corrected chi connectivity index (χ0v) is 7.74. The van der Waals surface area contributed by atoms with Crippen LogP contribution in [-0.4, -0.2) is 10.1 Å². The van der Waals surface area contributed by atoms with Gasteiger partial charge in [0.25, 0.3) is 6.43 Å². The number of rotatable bonds is 3. The lowest BCUT2D eigenvalue weighted by molar-refractivity contribution is 0.141. The number of halogens is 2. The molecule has 4 nitrogen and oxygen atoms in total. The lowest BCUT2D eigenvalue weighted by Crippen LogP contribution is -2.09. The Morgan fingerprint density at radius 2 is 2.27 bits per heavy atom. The van der Waals surface area contributed by atoms with Crippen molar-refractivity contribution < 1.29 is 13.9 Å². The molecule has 0 amide bonds. The molecule has 6 heteroatoms. The first-order valence-electron chi connectivity index (χ1n) is 4.15. The second kappa shape index (κ2) is 4.77. The van der Waals surface area contributed by atoms with Crippen molar-refractivity contribution in [3.8, 4) is 6.07 Å². The molecule has 3 N–H and O–H groups in total. The summed E-state index contributed by atoms with van der Waals surface area (Å²) >= 11 is 0. The van der Waals surface area contributed by atoms with Gasteiger partial charge in [0.1, 0.15) is 17.5 Å². The smallest absolute Gasteiger partial charge is 0.280 e. The highest BCUT2D eigenvalue weighted by Crippen LogP contribution is 2.24. The molecule has 15 heavy (non-hydrogen) atoms. The predicted molar refractivity (Wildman–Crippen MR) is 47.7 cm³/mol. The Labute approximate surface area is 85.0 Å². The second-order valence-corrected chi connectivity index (χ2v) is 2.81. The number of aromatic nitrogens is 1. The molecule has 1 heterocycles. The van der Waals surface area contributed by atoms with Crippen molar-refractivity contribution >= 4 is 0 Å². The first kappa shape index (κ1) is 11.5. The van der Waals surface area contributed by atoms with Crippen molar-refractivity contribution in [1.82, 2.24) is 4.98 Å². The number of nitriles is 1. The van der Waals surface area contributed by atoms with Gasteiger partial charge in [0.15, 0.2) is 0 Å². The highest BCUT2D eigenvalue weighted by atomic mass is 19.3.